The maximum Gasteiger partial charge on any atom is 0.00695 e. The minimum atomic E-state index is 0.857. The minimum absolute atomic E-state index is 0.857. The van der Waals surface area contributed by atoms with Crippen LogP contribution in [-0.2, 0) is 0 Å². The van der Waals surface area contributed by atoms with Crippen LogP contribution in [0.25, 0.3) is 0 Å². The molecule has 1 nitrogen and oxygen atoms in total. The summed E-state index contributed by atoms with van der Waals surface area (Å²) in [5.41, 5.74) is 0. The van der Waals surface area contributed by atoms with Gasteiger partial charge in [-0.2, -0.15) is 0 Å². The molecule has 2 rings (SSSR count). The molecule has 0 aromatic carbocycles. The first-order valence-electron chi connectivity index (χ1n) is 4.57. The van der Waals surface area contributed by atoms with E-state index in [0.29, 0.717) is 0 Å². The third kappa shape index (κ3) is 0.968. The maximum absolute atomic E-state index is 3.39. The summed E-state index contributed by atoms with van der Waals surface area (Å²) in [6, 6.07) is 0.857. The van der Waals surface area contributed by atoms with Crippen molar-refractivity contribution in [1.29, 1.82) is 0 Å². The predicted molar refractivity (Wildman–Crippen MR) is 42.9 cm³/mol. The molecule has 2 fully saturated rings. The van der Waals surface area contributed by atoms with Crippen LogP contribution in [-0.4, -0.2) is 13.1 Å². The van der Waals surface area contributed by atoms with Gasteiger partial charge in [0.05, 0.1) is 0 Å². The van der Waals surface area contributed by atoms with E-state index >= 15 is 0 Å². The molecule has 0 spiro atoms. The van der Waals surface area contributed by atoms with Gasteiger partial charge in [0.1, 0.15) is 0 Å². The molecule has 0 bridgehead atoms. The Morgan fingerprint density at radius 3 is 2.20 bits per heavy atom. The fraction of sp³-hybridized carbons (Fsp3) is 1.00. The van der Waals surface area contributed by atoms with E-state index in [2.05, 4.69) is 12.4 Å². The van der Waals surface area contributed by atoms with Crippen LogP contribution in [0.3, 0.4) is 0 Å². The Hall–Kier alpha value is -0.0400. The van der Waals surface area contributed by atoms with Gasteiger partial charge in [-0.05, 0) is 31.7 Å². The molecule has 0 radical (unpaired) electrons. The van der Waals surface area contributed by atoms with Crippen molar-refractivity contribution in [3.8, 4) is 0 Å². The van der Waals surface area contributed by atoms with Crippen molar-refractivity contribution < 1.29 is 0 Å². The fourth-order valence-electron chi connectivity index (χ4n) is 2.80. The quantitative estimate of drug-likeness (QED) is 0.584. The summed E-state index contributed by atoms with van der Waals surface area (Å²) in [6.45, 7) is 0. The van der Waals surface area contributed by atoms with Crippen LogP contribution in [0, 0.1) is 11.8 Å². The van der Waals surface area contributed by atoms with E-state index in [1.54, 1.807) is 0 Å². The van der Waals surface area contributed by atoms with Crippen LogP contribution in [0.5, 0.6) is 0 Å². The van der Waals surface area contributed by atoms with Crippen molar-refractivity contribution in [3.63, 3.8) is 0 Å². The van der Waals surface area contributed by atoms with Crippen LogP contribution >= 0.6 is 0 Å². The molecule has 1 heteroatoms. The highest BCUT2D eigenvalue weighted by atomic mass is 14.9. The van der Waals surface area contributed by atoms with Gasteiger partial charge in [0.2, 0.25) is 0 Å². The lowest BCUT2D eigenvalue weighted by atomic mass is 10.0. The van der Waals surface area contributed by atoms with E-state index in [0.717, 1.165) is 17.9 Å². The van der Waals surface area contributed by atoms with Gasteiger partial charge in [0, 0.05) is 6.04 Å². The highest BCUT2D eigenvalue weighted by molar-refractivity contribution is 4.90. The third-order valence-electron chi connectivity index (χ3n) is 3.40. The molecule has 2 saturated carbocycles. The second-order valence-electron chi connectivity index (χ2n) is 3.91. The van der Waals surface area contributed by atoms with E-state index in [9.17, 15) is 0 Å². The molecule has 2 aliphatic carbocycles. The lowest BCUT2D eigenvalue weighted by molar-refractivity contribution is 0.457. The second-order valence-corrected chi connectivity index (χ2v) is 3.91. The van der Waals surface area contributed by atoms with Crippen molar-refractivity contribution in [2.75, 3.05) is 7.05 Å². The van der Waals surface area contributed by atoms with E-state index in [1.807, 2.05) is 0 Å². The van der Waals surface area contributed by atoms with Gasteiger partial charge in [-0.25, -0.2) is 0 Å². The molecule has 0 heterocycles. The minimum Gasteiger partial charge on any atom is -0.317 e. The lowest BCUT2D eigenvalue weighted by Gasteiger charge is -2.07. The Bertz CT molecular complexity index is 110. The lowest BCUT2D eigenvalue weighted by Crippen LogP contribution is -2.21. The number of rotatable bonds is 1. The van der Waals surface area contributed by atoms with Crippen LogP contribution in [0.1, 0.15) is 32.1 Å². The third-order valence-corrected chi connectivity index (χ3v) is 3.40. The van der Waals surface area contributed by atoms with Crippen molar-refractivity contribution in [3.05, 3.63) is 0 Å². The Morgan fingerprint density at radius 1 is 1.10 bits per heavy atom. The molecule has 0 aromatic rings. The van der Waals surface area contributed by atoms with Crippen molar-refractivity contribution in [1.82, 2.24) is 5.32 Å². The van der Waals surface area contributed by atoms with E-state index < -0.39 is 0 Å². The van der Waals surface area contributed by atoms with Crippen molar-refractivity contribution >= 4 is 0 Å². The number of hydrogen-bond acceptors (Lipinski definition) is 1. The van der Waals surface area contributed by atoms with Crippen molar-refractivity contribution in [2.45, 2.75) is 38.1 Å². The Kier molecular flexibility index (Phi) is 1.69. The molecule has 0 amide bonds. The van der Waals surface area contributed by atoms with E-state index in [4.69, 9.17) is 0 Å². The average Bonchev–Trinajstić information content (AvgIpc) is 2.42. The normalized spacial score (nSPS) is 45.9. The van der Waals surface area contributed by atoms with Gasteiger partial charge in [-0.15, -0.1) is 0 Å². The first-order valence-corrected chi connectivity index (χ1v) is 4.57. The van der Waals surface area contributed by atoms with Gasteiger partial charge in [-0.1, -0.05) is 19.3 Å². The summed E-state index contributed by atoms with van der Waals surface area (Å²) in [6.07, 6.45) is 7.46. The molecular weight excluding hydrogens is 122 g/mol. The van der Waals surface area contributed by atoms with Crippen LogP contribution < -0.4 is 5.32 Å². The smallest absolute Gasteiger partial charge is 0.00695 e. The number of nitrogens with one attached hydrogen (secondary N) is 1. The molecule has 2 atom stereocenters. The molecule has 10 heavy (non-hydrogen) atoms. The standard InChI is InChI=1S/C9H17N/c1-10-9-5-7-3-2-4-8(7)6-9/h7-10H,2-6H2,1H3. The maximum atomic E-state index is 3.39. The number of fused-ring (bicyclic) bond motifs is 1. The molecule has 0 aromatic heterocycles. The largest absolute Gasteiger partial charge is 0.317 e. The fourth-order valence-corrected chi connectivity index (χ4v) is 2.80. The van der Waals surface area contributed by atoms with Crippen molar-refractivity contribution in [2.24, 2.45) is 11.8 Å². The van der Waals surface area contributed by atoms with Gasteiger partial charge in [0.25, 0.3) is 0 Å². The number of hydrogen-bond donors (Lipinski definition) is 1. The van der Waals surface area contributed by atoms with Crippen LogP contribution in [0.4, 0.5) is 0 Å². The van der Waals surface area contributed by atoms with Crippen LogP contribution in [0.2, 0.25) is 0 Å². The molecular formula is C9H17N. The molecule has 0 aliphatic heterocycles. The summed E-state index contributed by atoms with van der Waals surface area (Å²) >= 11 is 0. The molecule has 1 N–H and O–H groups in total. The van der Waals surface area contributed by atoms with Crippen LogP contribution in [0.15, 0.2) is 0 Å². The summed E-state index contributed by atoms with van der Waals surface area (Å²) in [7, 11) is 2.10. The monoisotopic (exact) mass is 139 g/mol. The molecule has 58 valence electrons. The van der Waals surface area contributed by atoms with Gasteiger partial charge in [-0.3, -0.25) is 0 Å². The highest BCUT2D eigenvalue weighted by Crippen LogP contribution is 2.43. The summed E-state index contributed by atoms with van der Waals surface area (Å²) in [4.78, 5) is 0. The van der Waals surface area contributed by atoms with E-state index in [-0.39, 0.29) is 0 Å². The summed E-state index contributed by atoms with van der Waals surface area (Å²) < 4.78 is 0. The zero-order valence-electron chi connectivity index (χ0n) is 6.77. The predicted octanol–water partition coefficient (Wildman–Crippen LogP) is 1.78. The van der Waals surface area contributed by atoms with Gasteiger partial charge in [0.15, 0.2) is 0 Å². The molecule has 2 aliphatic rings. The van der Waals surface area contributed by atoms with Gasteiger partial charge < -0.3 is 5.32 Å². The zero-order valence-corrected chi connectivity index (χ0v) is 6.77. The zero-order chi connectivity index (χ0) is 6.97. The molecule has 2 unspecified atom stereocenters. The first-order chi connectivity index (χ1) is 4.90. The summed E-state index contributed by atoms with van der Waals surface area (Å²) in [5.74, 6) is 2.19. The highest BCUT2D eigenvalue weighted by Gasteiger charge is 2.36. The topological polar surface area (TPSA) is 12.0 Å². The van der Waals surface area contributed by atoms with Gasteiger partial charge >= 0.3 is 0 Å². The summed E-state index contributed by atoms with van der Waals surface area (Å²) in [5, 5.41) is 3.39. The van der Waals surface area contributed by atoms with E-state index in [1.165, 1.54) is 32.1 Å². The first kappa shape index (κ1) is 6.66. The average molecular weight is 139 g/mol. The Morgan fingerprint density at radius 2 is 1.70 bits per heavy atom. The Labute approximate surface area is 63.2 Å². The SMILES string of the molecule is CNC1CC2CCCC2C1. The molecule has 0 saturated heterocycles. The second kappa shape index (κ2) is 2.54. The Balaban J connectivity index is 1.94.